The van der Waals surface area contributed by atoms with Crippen LogP contribution in [0.3, 0.4) is 0 Å². The van der Waals surface area contributed by atoms with Gasteiger partial charge in [-0.3, -0.25) is 0 Å². The molecule has 0 saturated carbocycles. The Bertz CT molecular complexity index is 481. The van der Waals surface area contributed by atoms with Crippen molar-refractivity contribution < 1.29 is 0 Å². The molecule has 2 aliphatic rings. The number of thiocarbonyl (C=S) groups is 1. The second-order valence-corrected chi connectivity index (χ2v) is 6.45. The van der Waals surface area contributed by atoms with Crippen molar-refractivity contribution in [3.05, 3.63) is 22.9 Å². The predicted molar refractivity (Wildman–Crippen MR) is 81.7 cm³/mol. The Labute approximate surface area is 117 Å². The molecule has 3 nitrogen and oxygen atoms in total. The van der Waals surface area contributed by atoms with Crippen LogP contribution in [0.1, 0.15) is 23.2 Å². The molecule has 1 aliphatic carbocycles. The fraction of sp³-hybridized carbons (Fsp3) is 0.538. The minimum absolute atomic E-state index is 0.477. The molecule has 0 aromatic carbocycles. The van der Waals surface area contributed by atoms with Gasteiger partial charge in [-0.05, 0) is 30.9 Å². The molecule has 0 amide bonds. The number of hydrogen-bond donors (Lipinski definition) is 1. The van der Waals surface area contributed by atoms with Crippen LogP contribution in [-0.4, -0.2) is 34.6 Å². The molecule has 2 heterocycles. The summed E-state index contributed by atoms with van der Waals surface area (Å²) in [6.07, 6.45) is 3.43. The Kier molecular flexibility index (Phi) is 3.43. The molecule has 0 spiro atoms. The first-order valence-corrected chi connectivity index (χ1v) is 7.97. The number of aromatic nitrogens is 1. The van der Waals surface area contributed by atoms with E-state index in [-0.39, 0.29) is 0 Å². The molecule has 1 fully saturated rings. The van der Waals surface area contributed by atoms with E-state index in [9.17, 15) is 0 Å². The van der Waals surface area contributed by atoms with Crippen LogP contribution in [0.5, 0.6) is 0 Å². The van der Waals surface area contributed by atoms with Crippen LogP contribution in [0.15, 0.2) is 6.07 Å². The largest absolute Gasteiger partial charge is 0.389 e. The van der Waals surface area contributed by atoms with Crippen molar-refractivity contribution in [3.63, 3.8) is 0 Å². The topological polar surface area (TPSA) is 42.1 Å². The van der Waals surface area contributed by atoms with Gasteiger partial charge < -0.3 is 10.6 Å². The van der Waals surface area contributed by atoms with Crippen molar-refractivity contribution in [1.82, 2.24) is 4.98 Å². The quantitative estimate of drug-likeness (QED) is 0.836. The third-order valence-corrected chi connectivity index (χ3v) is 4.77. The van der Waals surface area contributed by atoms with Crippen LogP contribution in [-0.2, 0) is 12.8 Å². The summed E-state index contributed by atoms with van der Waals surface area (Å²) in [5.74, 6) is 3.34. The summed E-state index contributed by atoms with van der Waals surface area (Å²) >= 11 is 7.20. The summed E-state index contributed by atoms with van der Waals surface area (Å²) in [6.45, 7) is 2.10. The first kappa shape index (κ1) is 12.2. The molecule has 0 radical (unpaired) electrons. The van der Waals surface area contributed by atoms with E-state index >= 15 is 0 Å². The van der Waals surface area contributed by atoms with Gasteiger partial charge in [0.1, 0.15) is 10.8 Å². The zero-order valence-electron chi connectivity index (χ0n) is 10.3. The van der Waals surface area contributed by atoms with E-state index in [1.807, 2.05) is 11.8 Å². The first-order valence-electron chi connectivity index (χ1n) is 6.41. The first-order chi connectivity index (χ1) is 8.75. The van der Waals surface area contributed by atoms with Gasteiger partial charge in [0, 0.05) is 30.3 Å². The number of nitrogens with two attached hydrogens (primary N) is 1. The fourth-order valence-corrected chi connectivity index (χ4v) is 3.71. The maximum Gasteiger partial charge on any atom is 0.139 e. The van der Waals surface area contributed by atoms with Gasteiger partial charge in [0.2, 0.25) is 0 Å². The van der Waals surface area contributed by atoms with E-state index in [0.717, 1.165) is 48.8 Å². The van der Waals surface area contributed by atoms with Crippen molar-refractivity contribution in [2.24, 2.45) is 5.73 Å². The molecule has 1 aliphatic heterocycles. The highest BCUT2D eigenvalue weighted by Gasteiger charge is 2.22. The Morgan fingerprint density at radius 2 is 2.11 bits per heavy atom. The van der Waals surface area contributed by atoms with Gasteiger partial charge in [-0.25, -0.2) is 4.98 Å². The Morgan fingerprint density at radius 1 is 1.33 bits per heavy atom. The molecule has 0 atom stereocenters. The lowest BCUT2D eigenvalue weighted by atomic mass is 10.1. The minimum atomic E-state index is 0.477. The van der Waals surface area contributed by atoms with Gasteiger partial charge in [-0.1, -0.05) is 12.2 Å². The lowest BCUT2D eigenvalue weighted by Gasteiger charge is -2.29. The van der Waals surface area contributed by atoms with Crippen LogP contribution in [0, 0.1) is 0 Å². The number of aryl methyl sites for hydroxylation is 2. The summed E-state index contributed by atoms with van der Waals surface area (Å²) in [7, 11) is 0. The number of rotatable bonds is 2. The molecule has 18 heavy (non-hydrogen) atoms. The number of nitrogens with zero attached hydrogens (tertiary/aromatic N) is 2. The molecule has 2 N–H and O–H groups in total. The van der Waals surface area contributed by atoms with Gasteiger partial charge >= 0.3 is 0 Å². The fourth-order valence-electron chi connectivity index (χ4n) is 2.66. The zero-order chi connectivity index (χ0) is 12.5. The molecule has 0 unspecified atom stereocenters. The summed E-state index contributed by atoms with van der Waals surface area (Å²) < 4.78 is 0. The summed E-state index contributed by atoms with van der Waals surface area (Å²) in [4.78, 5) is 7.66. The van der Waals surface area contributed by atoms with Gasteiger partial charge in [0.15, 0.2) is 0 Å². The third-order valence-electron chi connectivity index (χ3n) is 3.61. The average Bonchev–Trinajstić information content (AvgIpc) is 2.85. The van der Waals surface area contributed by atoms with Crippen LogP contribution in [0.2, 0.25) is 0 Å². The second kappa shape index (κ2) is 5.05. The van der Waals surface area contributed by atoms with E-state index in [1.54, 1.807) is 0 Å². The van der Waals surface area contributed by atoms with Crippen LogP contribution >= 0.6 is 24.0 Å². The molecule has 3 rings (SSSR count). The highest BCUT2D eigenvalue weighted by atomic mass is 32.2. The van der Waals surface area contributed by atoms with Crippen molar-refractivity contribution in [2.45, 2.75) is 19.3 Å². The lowest BCUT2D eigenvalue weighted by Crippen LogP contribution is -2.35. The normalized spacial score (nSPS) is 18.8. The molecule has 1 aromatic rings. The maximum atomic E-state index is 5.87. The lowest BCUT2D eigenvalue weighted by molar-refractivity contribution is 0.828. The summed E-state index contributed by atoms with van der Waals surface area (Å²) in [6, 6.07) is 2.18. The van der Waals surface area contributed by atoms with E-state index in [1.165, 1.54) is 17.7 Å². The average molecular weight is 279 g/mol. The number of thioether (sulfide) groups is 1. The van der Waals surface area contributed by atoms with Gasteiger partial charge in [0.05, 0.1) is 5.56 Å². The Morgan fingerprint density at radius 3 is 2.83 bits per heavy atom. The number of anilines is 1. The van der Waals surface area contributed by atoms with Gasteiger partial charge in [-0.15, -0.1) is 0 Å². The van der Waals surface area contributed by atoms with E-state index in [2.05, 4.69) is 11.0 Å². The van der Waals surface area contributed by atoms with E-state index in [4.69, 9.17) is 22.9 Å². The van der Waals surface area contributed by atoms with E-state index in [0.29, 0.717) is 4.99 Å². The highest BCUT2D eigenvalue weighted by molar-refractivity contribution is 7.99. The molecule has 1 aromatic heterocycles. The monoisotopic (exact) mass is 279 g/mol. The Balaban J connectivity index is 2.02. The van der Waals surface area contributed by atoms with E-state index < -0.39 is 0 Å². The van der Waals surface area contributed by atoms with Crippen molar-refractivity contribution in [2.75, 3.05) is 29.5 Å². The number of fused-ring (bicyclic) bond motifs is 1. The second-order valence-electron chi connectivity index (χ2n) is 4.78. The standard InChI is InChI=1S/C13H17N3S2/c14-12(17)10-8-9-2-1-3-11(9)15-13(10)16-4-6-18-7-5-16/h8H,1-7H2,(H2,14,17). The third kappa shape index (κ3) is 2.21. The van der Waals surface area contributed by atoms with Gasteiger partial charge in [0.25, 0.3) is 0 Å². The smallest absolute Gasteiger partial charge is 0.139 e. The SMILES string of the molecule is NC(=S)c1cc2c(nc1N1CCSCC1)CCC2. The molecular weight excluding hydrogens is 262 g/mol. The zero-order valence-corrected chi connectivity index (χ0v) is 11.9. The molecule has 5 heteroatoms. The van der Waals surface area contributed by atoms with Gasteiger partial charge in [-0.2, -0.15) is 11.8 Å². The molecule has 96 valence electrons. The predicted octanol–water partition coefficient (Wildman–Crippen LogP) is 1.76. The molecule has 1 saturated heterocycles. The minimum Gasteiger partial charge on any atom is -0.389 e. The van der Waals surface area contributed by atoms with Crippen molar-refractivity contribution in [3.8, 4) is 0 Å². The summed E-state index contributed by atoms with van der Waals surface area (Å²) in [5.41, 5.74) is 9.44. The number of pyridine rings is 1. The summed E-state index contributed by atoms with van der Waals surface area (Å²) in [5, 5.41) is 0. The maximum absolute atomic E-state index is 5.87. The van der Waals surface area contributed by atoms with Crippen LogP contribution in [0.4, 0.5) is 5.82 Å². The van der Waals surface area contributed by atoms with Crippen molar-refractivity contribution >= 4 is 34.8 Å². The van der Waals surface area contributed by atoms with Crippen LogP contribution in [0.25, 0.3) is 0 Å². The van der Waals surface area contributed by atoms with Crippen molar-refractivity contribution in [1.29, 1.82) is 0 Å². The highest BCUT2D eigenvalue weighted by Crippen LogP contribution is 2.28. The van der Waals surface area contributed by atoms with Crippen LogP contribution < -0.4 is 10.6 Å². The molecular formula is C13H17N3S2. The molecule has 0 bridgehead atoms. The number of hydrogen-bond acceptors (Lipinski definition) is 4. The Hall–Kier alpha value is -0.810.